The van der Waals surface area contributed by atoms with Gasteiger partial charge in [0.15, 0.2) is 0 Å². The first kappa shape index (κ1) is 18.5. The number of thioether (sulfide) groups is 1. The lowest BCUT2D eigenvalue weighted by Crippen LogP contribution is -2.43. The Balaban J connectivity index is 1.54. The SMILES string of the molecule is CCc1sc(C(=O)NNC(=O)C[C@H]2Sc3ccccc3NC2=O)cc1C. The van der Waals surface area contributed by atoms with E-state index in [1.807, 2.05) is 44.2 Å². The second-order valence-electron chi connectivity index (χ2n) is 5.87. The normalized spacial score (nSPS) is 15.8. The third-order valence-electron chi connectivity index (χ3n) is 3.96. The van der Waals surface area contributed by atoms with Crippen LogP contribution in [0.15, 0.2) is 35.2 Å². The maximum atomic E-state index is 12.2. The molecule has 0 spiro atoms. The van der Waals surface area contributed by atoms with Crippen molar-refractivity contribution in [1.29, 1.82) is 0 Å². The molecule has 26 heavy (non-hydrogen) atoms. The summed E-state index contributed by atoms with van der Waals surface area (Å²) in [4.78, 5) is 39.0. The van der Waals surface area contributed by atoms with Crippen LogP contribution in [0, 0.1) is 6.92 Å². The molecule has 1 atom stereocenters. The van der Waals surface area contributed by atoms with E-state index in [1.54, 1.807) is 0 Å². The molecule has 3 N–H and O–H groups in total. The lowest BCUT2D eigenvalue weighted by atomic mass is 10.2. The fourth-order valence-corrected chi connectivity index (χ4v) is 4.74. The third-order valence-corrected chi connectivity index (χ3v) is 6.61. The summed E-state index contributed by atoms with van der Waals surface area (Å²) in [6.45, 7) is 3.99. The van der Waals surface area contributed by atoms with Gasteiger partial charge in [0, 0.05) is 16.2 Å². The average Bonchev–Trinajstić information content (AvgIpc) is 3.01. The van der Waals surface area contributed by atoms with Crippen LogP contribution < -0.4 is 16.2 Å². The average molecular weight is 390 g/mol. The van der Waals surface area contributed by atoms with Crippen molar-refractivity contribution in [2.75, 3.05) is 5.32 Å². The standard InChI is InChI=1S/C18H19N3O3S2/c1-3-12-10(2)8-14(25-12)18(24)21-20-16(22)9-15-17(23)19-11-6-4-5-7-13(11)26-15/h4-8,15H,3,9H2,1-2H3,(H,19,23)(H,20,22)(H,21,24)/t15-/m1/s1. The molecule has 8 heteroatoms. The summed E-state index contributed by atoms with van der Waals surface area (Å²) in [7, 11) is 0. The molecule has 2 heterocycles. The molecule has 2 aromatic rings. The number of hydrogen-bond donors (Lipinski definition) is 3. The number of anilines is 1. The highest BCUT2D eigenvalue weighted by molar-refractivity contribution is 8.01. The zero-order chi connectivity index (χ0) is 18.7. The number of hydrogen-bond acceptors (Lipinski definition) is 5. The number of para-hydroxylation sites is 1. The van der Waals surface area contributed by atoms with Gasteiger partial charge in [0.25, 0.3) is 5.91 Å². The summed E-state index contributed by atoms with van der Waals surface area (Å²) < 4.78 is 0. The second kappa shape index (κ2) is 7.92. The van der Waals surface area contributed by atoms with E-state index in [0.717, 1.165) is 27.4 Å². The van der Waals surface area contributed by atoms with E-state index in [2.05, 4.69) is 16.2 Å². The van der Waals surface area contributed by atoms with Crippen molar-refractivity contribution >= 4 is 46.5 Å². The number of nitrogens with one attached hydrogen (secondary N) is 3. The molecule has 3 rings (SSSR count). The van der Waals surface area contributed by atoms with Gasteiger partial charge >= 0.3 is 0 Å². The van der Waals surface area contributed by atoms with Crippen LogP contribution in [-0.2, 0) is 16.0 Å². The van der Waals surface area contributed by atoms with Crippen molar-refractivity contribution < 1.29 is 14.4 Å². The van der Waals surface area contributed by atoms with E-state index >= 15 is 0 Å². The van der Waals surface area contributed by atoms with Crippen LogP contribution in [0.3, 0.4) is 0 Å². The minimum atomic E-state index is -0.530. The van der Waals surface area contributed by atoms with E-state index in [-0.39, 0.29) is 18.2 Å². The lowest BCUT2D eigenvalue weighted by molar-refractivity contribution is -0.124. The van der Waals surface area contributed by atoms with E-state index in [9.17, 15) is 14.4 Å². The number of aryl methyl sites for hydroxylation is 2. The van der Waals surface area contributed by atoms with Crippen molar-refractivity contribution in [3.63, 3.8) is 0 Å². The number of carbonyl (C=O) groups is 3. The van der Waals surface area contributed by atoms with E-state index in [4.69, 9.17) is 0 Å². The zero-order valence-electron chi connectivity index (χ0n) is 14.4. The van der Waals surface area contributed by atoms with E-state index in [1.165, 1.54) is 23.1 Å². The molecular formula is C18H19N3O3S2. The van der Waals surface area contributed by atoms with E-state index in [0.29, 0.717) is 4.88 Å². The van der Waals surface area contributed by atoms with Gasteiger partial charge in [0.2, 0.25) is 11.8 Å². The molecule has 0 radical (unpaired) electrons. The first-order chi connectivity index (χ1) is 12.5. The number of amides is 3. The van der Waals surface area contributed by atoms with Crippen LogP contribution in [0.1, 0.15) is 33.5 Å². The van der Waals surface area contributed by atoms with Crippen molar-refractivity contribution in [2.24, 2.45) is 0 Å². The summed E-state index contributed by atoms with van der Waals surface area (Å²) in [5, 5.41) is 2.27. The molecule has 1 aromatic carbocycles. The van der Waals surface area contributed by atoms with Crippen molar-refractivity contribution in [1.82, 2.24) is 10.9 Å². The van der Waals surface area contributed by atoms with Gasteiger partial charge in [-0.2, -0.15) is 0 Å². The van der Waals surface area contributed by atoms with E-state index < -0.39 is 11.2 Å². The van der Waals surface area contributed by atoms with Gasteiger partial charge < -0.3 is 5.32 Å². The minimum Gasteiger partial charge on any atom is -0.324 e. The Kier molecular flexibility index (Phi) is 5.63. The molecule has 6 nitrogen and oxygen atoms in total. The highest BCUT2D eigenvalue weighted by Gasteiger charge is 2.28. The number of thiophene rings is 1. The van der Waals surface area contributed by atoms with Crippen molar-refractivity contribution in [2.45, 2.75) is 36.8 Å². The quantitative estimate of drug-likeness (QED) is 0.702. The molecule has 0 fully saturated rings. The van der Waals surface area contributed by atoms with Crippen LogP contribution >= 0.6 is 23.1 Å². The second-order valence-corrected chi connectivity index (χ2v) is 8.25. The third kappa shape index (κ3) is 4.08. The maximum absolute atomic E-state index is 12.2. The summed E-state index contributed by atoms with van der Waals surface area (Å²) in [5.74, 6) is -0.969. The topological polar surface area (TPSA) is 87.3 Å². The zero-order valence-corrected chi connectivity index (χ0v) is 16.1. The molecule has 3 amide bonds. The van der Waals surface area contributed by atoms with Gasteiger partial charge in [-0.3, -0.25) is 25.2 Å². The molecule has 0 saturated heterocycles. The first-order valence-electron chi connectivity index (χ1n) is 8.23. The number of fused-ring (bicyclic) bond motifs is 1. The summed E-state index contributed by atoms with van der Waals surface area (Å²) >= 11 is 2.76. The van der Waals surface area contributed by atoms with Crippen LogP contribution in [0.4, 0.5) is 5.69 Å². The summed E-state index contributed by atoms with van der Waals surface area (Å²) in [5.41, 5.74) is 6.64. The van der Waals surface area contributed by atoms with Gasteiger partial charge in [-0.1, -0.05) is 19.1 Å². The Labute approximate surface area is 159 Å². The first-order valence-corrected chi connectivity index (χ1v) is 9.92. The molecular weight excluding hydrogens is 370 g/mol. The van der Waals surface area contributed by atoms with Gasteiger partial charge in [0.1, 0.15) is 0 Å². The summed E-state index contributed by atoms with van der Waals surface area (Å²) in [6, 6.07) is 9.26. The Morgan fingerprint density at radius 1 is 1.23 bits per heavy atom. The number of benzene rings is 1. The van der Waals surface area contributed by atoms with Crippen molar-refractivity contribution in [3.8, 4) is 0 Å². The van der Waals surface area contributed by atoms with Gasteiger partial charge in [0.05, 0.1) is 15.8 Å². The van der Waals surface area contributed by atoms with Crippen LogP contribution in [0.5, 0.6) is 0 Å². The van der Waals surface area contributed by atoms with Crippen LogP contribution in [0.2, 0.25) is 0 Å². The number of rotatable bonds is 4. The predicted octanol–water partition coefficient (Wildman–Crippen LogP) is 2.88. The Bertz CT molecular complexity index is 863. The molecule has 0 unspecified atom stereocenters. The lowest BCUT2D eigenvalue weighted by Gasteiger charge is -2.23. The maximum Gasteiger partial charge on any atom is 0.279 e. The fraction of sp³-hybridized carbons (Fsp3) is 0.278. The largest absolute Gasteiger partial charge is 0.324 e. The molecule has 1 aliphatic heterocycles. The van der Waals surface area contributed by atoms with Gasteiger partial charge in [-0.25, -0.2) is 0 Å². The van der Waals surface area contributed by atoms with Gasteiger partial charge in [-0.05, 0) is 37.1 Å². The fourth-order valence-electron chi connectivity index (χ4n) is 2.62. The Morgan fingerprint density at radius 2 is 2.00 bits per heavy atom. The van der Waals surface area contributed by atoms with Crippen molar-refractivity contribution in [3.05, 3.63) is 45.6 Å². The molecule has 1 aromatic heterocycles. The van der Waals surface area contributed by atoms with Crippen LogP contribution in [-0.4, -0.2) is 23.0 Å². The smallest absolute Gasteiger partial charge is 0.279 e. The molecule has 0 bridgehead atoms. The molecule has 136 valence electrons. The number of hydrazine groups is 1. The number of carbonyl (C=O) groups excluding carboxylic acids is 3. The predicted molar refractivity (Wildman–Crippen MR) is 103 cm³/mol. The highest BCUT2D eigenvalue weighted by Crippen LogP contribution is 2.36. The monoisotopic (exact) mass is 389 g/mol. The van der Waals surface area contributed by atoms with Crippen LogP contribution in [0.25, 0.3) is 0 Å². The minimum absolute atomic E-state index is 0.0191. The Morgan fingerprint density at radius 3 is 2.73 bits per heavy atom. The Hall–Kier alpha value is -2.32. The molecule has 1 aliphatic rings. The highest BCUT2D eigenvalue weighted by atomic mass is 32.2. The molecule has 0 saturated carbocycles. The molecule has 0 aliphatic carbocycles. The summed E-state index contributed by atoms with van der Waals surface area (Å²) in [6.07, 6.45) is 0.848. The van der Waals surface area contributed by atoms with Gasteiger partial charge in [-0.15, -0.1) is 23.1 Å².